The van der Waals surface area contributed by atoms with Gasteiger partial charge in [0, 0.05) is 19.2 Å². The molecule has 2 amide bonds. The third kappa shape index (κ3) is 4.87. The fourth-order valence-corrected chi connectivity index (χ4v) is 2.31. The van der Waals surface area contributed by atoms with Gasteiger partial charge in [-0.2, -0.15) is 0 Å². The number of anilines is 1. The minimum Gasteiger partial charge on any atom is -0.497 e. The van der Waals surface area contributed by atoms with Crippen LogP contribution in [0.1, 0.15) is 5.56 Å². The first-order valence-electron chi connectivity index (χ1n) is 7.18. The van der Waals surface area contributed by atoms with E-state index in [9.17, 15) is 9.90 Å². The summed E-state index contributed by atoms with van der Waals surface area (Å²) in [6.45, 7) is 0.520. The number of halogens is 1. The molecule has 2 aromatic carbocycles. The first-order valence-corrected chi connectivity index (χ1v) is 7.56. The molecule has 0 radical (unpaired) electrons. The fraction of sp³-hybridized carbons (Fsp3) is 0.235. The summed E-state index contributed by atoms with van der Waals surface area (Å²) in [5, 5.41) is 12.3. The highest BCUT2D eigenvalue weighted by Crippen LogP contribution is 2.26. The maximum Gasteiger partial charge on any atom is 0.322 e. The lowest BCUT2D eigenvalue weighted by Crippen LogP contribution is -2.36. The summed E-state index contributed by atoms with van der Waals surface area (Å²) < 4.78 is 5.08. The van der Waals surface area contributed by atoms with E-state index in [1.807, 2.05) is 30.3 Å². The maximum absolute atomic E-state index is 12.4. The molecule has 0 unspecified atom stereocenters. The van der Waals surface area contributed by atoms with Crippen molar-refractivity contribution in [2.45, 2.75) is 6.54 Å². The van der Waals surface area contributed by atoms with Crippen LogP contribution < -0.4 is 10.1 Å². The fourth-order valence-electron chi connectivity index (χ4n) is 2.10. The Bertz CT molecular complexity index is 650. The largest absolute Gasteiger partial charge is 0.497 e. The molecule has 5 nitrogen and oxygen atoms in total. The molecule has 0 aromatic heterocycles. The molecule has 0 saturated carbocycles. The number of hydrogen-bond acceptors (Lipinski definition) is 3. The highest BCUT2D eigenvalue weighted by molar-refractivity contribution is 6.33. The molecule has 2 aromatic rings. The number of hydrogen-bond donors (Lipinski definition) is 2. The SMILES string of the molecule is COc1ccc(NC(=O)N(CCO)Cc2ccccc2)c(Cl)c1. The minimum absolute atomic E-state index is 0.114. The van der Waals surface area contributed by atoms with Gasteiger partial charge in [0.2, 0.25) is 0 Å². The second kappa shape index (κ2) is 8.41. The van der Waals surface area contributed by atoms with E-state index in [1.54, 1.807) is 25.3 Å². The van der Waals surface area contributed by atoms with Gasteiger partial charge in [0.05, 0.1) is 24.4 Å². The molecule has 0 spiro atoms. The van der Waals surface area contributed by atoms with Crippen molar-refractivity contribution in [2.24, 2.45) is 0 Å². The predicted octanol–water partition coefficient (Wildman–Crippen LogP) is 3.38. The molecule has 0 atom stereocenters. The second-order valence-electron chi connectivity index (χ2n) is 4.91. The van der Waals surface area contributed by atoms with Crippen LogP contribution in [0.5, 0.6) is 5.75 Å². The van der Waals surface area contributed by atoms with Crippen molar-refractivity contribution in [2.75, 3.05) is 25.6 Å². The number of carbonyl (C=O) groups is 1. The molecule has 0 saturated heterocycles. The number of carbonyl (C=O) groups excluding carboxylic acids is 1. The summed E-state index contributed by atoms with van der Waals surface area (Å²) in [5.41, 5.74) is 1.48. The Labute approximate surface area is 140 Å². The van der Waals surface area contributed by atoms with Crippen molar-refractivity contribution in [1.82, 2.24) is 4.90 Å². The molecule has 0 aliphatic carbocycles. The zero-order chi connectivity index (χ0) is 16.7. The quantitative estimate of drug-likeness (QED) is 0.851. The number of ether oxygens (including phenoxy) is 1. The molecule has 0 bridgehead atoms. The van der Waals surface area contributed by atoms with E-state index in [2.05, 4.69) is 5.32 Å². The van der Waals surface area contributed by atoms with Gasteiger partial charge in [-0.3, -0.25) is 0 Å². The molecule has 0 aliphatic heterocycles. The van der Waals surface area contributed by atoms with Crippen LogP contribution in [0.15, 0.2) is 48.5 Å². The number of nitrogens with one attached hydrogen (secondary N) is 1. The highest BCUT2D eigenvalue weighted by atomic mass is 35.5. The van der Waals surface area contributed by atoms with Crippen molar-refractivity contribution < 1.29 is 14.6 Å². The Hall–Kier alpha value is -2.24. The maximum atomic E-state index is 12.4. The highest BCUT2D eigenvalue weighted by Gasteiger charge is 2.15. The predicted molar refractivity (Wildman–Crippen MR) is 91.0 cm³/mol. The summed E-state index contributed by atoms with van der Waals surface area (Å²) in [4.78, 5) is 14.0. The lowest BCUT2D eigenvalue weighted by molar-refractivity contribution is 0.185. The molecule has 0 aliphatic rings. The number of urea groups is 1. The van der Waals surface area contributed by atoms with Crippen LogP contribution in [0.2, 0.25) is 5.02 Å². The van der Waals surface area contributed by atoms with E-state index in [1.165, 1.54) is 4.90 Å². The molecule has 2 N–H and O–H groups in total. The smallest absolute Gasteiger partial charge is 0.322 e. The van der Waals surface area contributed by atoms with Crippen LogP contribution in [0.4, 0.5) is 10.5 Å². The van der Waals surface area contributed by atoms with Crippen LogP contribution in [0.25, 0.3) is 0 Å². The lowest BCUT2D eigenvalue weighted by Gasteiger charge is -2.22. The van der Waals surface area contributed by atoms with Gasteiger partial charge in [-0.05, 0) is 17.7 Å². The number of nitrogens with zero attached hydrogens (tertiary/aromatic N) is 1. The summed E-state index contributed by atoms with van der Waals surface area (Å²) in [6, 6.07) is 14.3. The van der Waals surface area contributed by atoms with E-state index >= 15 is 0 Å². The topological polar surface area (TPSA) is 61.8 Å². The van der Waals surface area contributed by atoms with E-state index in [4.69, 9.17) is 16.3 Å². The first kappa shape index (κ1) is 17.1. The standard InChI is InChI=1S/C17H19ClN2O3/c1-23-14-7-8-16(15(18)11-14)19-17(22)20(9-10-21)12-13-5-3-2-4-6-13/h2-8,11,21H,9-10,12H2,1H3,(H,19,22). The average molecular weight is 335 g/mol. The third-order valence-electron chi connectivity index (χ3n) is 3.29. The van der Waals surface area contributed by atoms with Crippen molar-refractivity contribution in [3.8, 4) is 5.75 Å². The van der Waals surface area contributed by atoms with E-state index in [-0.39, 0.29) is 19.2 Å². The van der Waals surface area contributed by atoms with Gasteiger partial charge in [0.15, 0.2) is 0 Å². The average Bonchev–Trinajstić information content (AvgIpc) is 2.57. The van der Waals surface area contributed by atoms with E-state index in [0.717, 1.165) is 5.56 Å². The molecular weight excluding hydrogens is 316 g/mol. The first-order chi connectivity index (χ1) is 11.1. The molecule has 122 valence electrons. The number of benzene rings is 2. The molecule has 6 heteroatoms. The monoisotopic (exact) mass is 334 g/mol. The van der Waals surface area contributed by atoms with Gasteiger partial charge >= 0.3 is 6.03 Å². The van der Waals surface area contributed by atoms with Gasteiger partial charge < -0.3 is 20.1 Å². The Morgan fingerprint density at radius 1 is 1.26 bits per heavy atom. The number of methoxy groups -OCH3 is 1. The van der Waals surface area contributed by atoms with Crippen LogP contribution in [-0.2, 0) is 6.54 Å². The van der Waals surface area contributed by atoms with Crippen LogP contribution >= 0.6 is 11.6 Å². The second-order valence-corrected chi connectivity index (χ2v) is 5.31. The molecule has 23 heavy (non-hydrogen) atoms. The summed E-state index contributed by atoms with van der Waals surface area (Å²) >= 11 is 6.13. The summed E-state index contributed by atoms with van der Waals surface area (Å²) in [5.74, 6) is 0.615. The Balaban J connectivity index is 2.09. The van der Waals surface area contributed by atoms with Gasteiger partial charge in [0.25, 0.3) is 0 Å². The Kier molecular flexibility index (Phi) is 6.26. The van der Waals surface area contributed by atoms with Crippen LogP contribution in [-0.4, -0.2) is 36.3 Å². The molecular formula is C17H19ClN2O3. The van der Waals surface area contributed by atoms with Crippen LogP contribution in [0, 0.1) is 0 Å². The van der Waals surface area contributed by atoms with Gasteiger partial charge in [-0.1, -0.05) is 41.9 Å². The third-order valence-corrected chi connectivity index (χ3v) is 3.60. The summed E-state index contributed by atoms with van der Waals surface area (Å²) in [6.07, 6.45) is 0. The van der Waals surface area contributed by atoms with E-state index in [0.29, 0.717) is 23.0 Å². The number of aliphatic hydroxyl groups is 1. The van der Waals surface area contributed by atoms with Gasteiger partial charge in [-0.25, -0.2) is 4.79 Å². The zero-order valence-electron chi connectivity index (χ0n) is 12.8. The minimum atomic E-state index is -0.324. The number of aliphatic hydroxyl groups excluding tert-OH is 1. The van der Waals surface area contributed by atoms with Crippen molar-refractivity contribution in [3.05, 3.63) is 59.1 Å². The van der Waals surface area contributed by atoms with Crippen molar-refractivity contribution in [1.29, 1.82) is 0 Å². The molecule has 2 rings (SSSR count). The van der Waals surface area contributed by atoms with E-state index < -0.39 is 0 Å². The van der Waals surface area contributed by atoms with Gasteiger partial charge in [0.1, 0.15) is 5.75 Å². The number of amides is 2. The van der Waals surface area contributed by atoms with Crippen molar-refractivity contribution in [3.63, 3.8) is 0 Å². The van der Waals surface area contributed by atoms with Crippen molar-refractivity contribution >= 4 is 23.3 Å². The van der Waals surface area contributed by atoms with Crippen LogP contribution in [0.3, 0.4) is 0 Å². The van der Waals surface area contributed by atoms with Gasteiger partial charge in [-0.15, -0.1) is 0 Å². The molecule has 0 fully saturated rings. The Morgan fingerprint density at radius 2 is 2.00 bits per heavy atom. The normalized spacial score (nSPS) is 10.2. The zero-order valence-corrected chi connectivity index (χ0v) is 13.6. The molecule has 0 heterocycles. The lowest BCUT2D eigenvalue weighted by atomic mass is 10.2. The number of rotatable bonds is 6. The Morgan fingerprint density at radius 3 is 2.61 bits per heavy atom. The summed E-state index contributed by atoms with van der Waals surface area (Å²) in [7, 11) is 1.55.